The van der Waals surface area contributed by atoms with Crippen LogP contribution in [0.5, 0.6) is 0 Å². The molecule has 4 nitrogen and oxygen atoms in total. The van der Waals surface area contributed by atoms with Crippen molar-refractivity contribution in [3.05, 3.63) is 12.2 Å². The fourth-order valence-corrected chi connectivity index (χ4v) is 2.17. The minimum Gasteiger partial charge on any atom is -0.376 e. The van der Waals surface area contributed by atoms with Gasteiger partial charge in [0.2, 0.25) is 5.91 Å². The number of hydrogen-bond acceptors (Lipinski definition) is 3. The standard InChI is InChI=1S/C14H26N2O2/c1-6-15(7-11(2)3)14(17)9-16-8-13(5)18-10-12(16)4/h12-13H,2,6-10H2,1,3-5H3/t12-,13-/m0/s1. The number of amides is 1. The average Bonchev–Trinajstić information content (AvgIpc) is 2.30. The van der Waals surface area contributed by atoms with Crippen LogP contribution < -0.4 is 0 Å². The predicted molar refractivity (Wildman–Crippen MR) is 73.5 cm³/mol. The molecule has 104 valence electrons. The van der Waals surface area contributed by atoms with E-state index < -0.39 is 0 Å². The number of ether oxygens (including phenoxy) is 1. The highest BCUT2D eigenvalue weighted by atomic mass is 16.5. The number of likely N-dealkylation sites (N-methyl/N-ethyl adjacent to an activating group) is 1. The number of morpholine rings is 1. The van der Waals surface area contributed by atoms with Crippen molar-refractivity contribution >= 4 is 5.91 Å². The normalized spacial score (nSPS) is 24.9. The van der Waals surface area contributed by atoms with Gasteiger partial charge in [0.15, 0.2) is 0 Å². The van der Waals surface area contributed by atoms with Crippen LogP contribution in [0.2, 0.25) is 0 Å². The molecule has 1 saturated heterocycles. The summed E-state index contributed by atoms with van der Waals surface area (Å²) in [5.74, 6) is 0.182. The molecule has 1 rings (SSSR count). The van der Waals surface area contributed by atoms with Crippen molar-refractivity contribution in [1.29, 1.82) is 0 Å². The summed E-state index contributed by atoms with van der Waals surface area (Å²) in [5.41, 5.74) is 1.02. The van der Waals surface area contributed by atoms with Gasteiger partial charge in [0, 0.05) is 25.7 Å². The van der Waals surface area contributed by atoms with Gasteiger partial charge in [0.05, 0.1) is 19.3 Å². The van der Waals surface area contributed by atoms with Gasteiger partial charge in [-0.25, -0.2) is 0 Å². The Morgan fingerprint density at radius 1 is 1.50 bits per heavy atom. The molecule has 1 fully saturated rings. The number of nitrogens with zero attached hydrogens (tertiary/aromatic N) is 2. The van der Waals surface area contributed by atoms with Gasteiger partial charge < -0.3 is 9.64 Å². The van der Waals surface area contributed by atoms with Gasteiger partial charge in [0.25, 0.3) is 0 Å². The van der Waals surface area contributed by atoms with Crippen LogP contribution in [0.3, 0.4) is 0 Å². The molecule has 4 heteroatoms. The quantitative estimate of drug-likeness (QED) is 0.697. The maximum absolute atomic E-state index is 12.2. The Morgan fingerprint density at radius 2 is 2.17 bits per heavy atom. The third kappa shape index (κ3) is 4.42. The topological polar surface area (TPSA) is 32.8 Å². The van der Waals surface area contributed by atoms with E-state index in [1.807, 2.05) is 18.7 Å². The number of carbonyl (C=O) groups is 1. The molecular weight excluding hydrogens is 228 g/mol. The molecule has 0 radical (unpaired) electrons. The second-order valence-corrected chi connectivity index (χ2v) is 5.29. The van der Waals surface area contributed by atoms with Crippen LogP contribution in [-0.4, -0.2) is 60.6 Å². The lowest BCUT2D eigenvalue weighted by atomic mass is 10.2. The Balaban J connectivity index is 2.53. The molecule has 0 N–H and O–H groups in total. The lowest BCUT2D eigenvalue weighted by molar-refractivity contribution is -0.135. The molecule has 0 aliphatic carbocycles. The van der Waals surface area contributed by atoms with Gasteiger partial charge in [-0.3, -0.25) is 9.69 Å². The minimum atomic E-state index is 0.182. The Bertz CT molecular complexity index is 304. The van der Waals surface area contributed by atoms with E-state index in [9.17, 15) is 4.79 Å². The fraction of sp³-hybridized carbons (Fsp3) is 0.786. The lowest BCUT2D eigenvalue weighted by Crippen LogP contribution is -2.51. The molecule has 0 aromatic rings. The molecule has 0 unspecified atom stereocenters. The van der Waals surface area contributed by atoms with Gasteiger partial charge in [-0.15, -0.1) is 0 Å². The molecule has 18 heavy (non-hydrogen) atoms. The highest BCUT2D eigenvalue weighted by molar-refractivity contribution is 5.78. The highest BCUT2D eigenvalue weighted by Gasteiger charge is 2.26. The van der Waals surface area contributed by atoms with Crippen LogP contribution in [0, 0.1) is 0 Å². The van der Waals surface area contributed by atoms with Crippen LogP contribution in [0.1, 0.15) is 27.7 Å². The first kappa shape index (κ1) is 15.2. The SMILES string of the molecule is C=C(C)CN(CC)C(=O)CN1C[C@H](C)OC[C@@H]1C. The number of hydrogen-bond donors (Lipinski definition) is 0. The van der Waals surface area contributed by atoms with Crippen molar-refractivity contribution in [3.8, 4) is 0 Å². The first-order chi connectivity index (χ1) is 8.43. The molecule has 0 bridgehead atoms. The van der Waals surface area contributed by atoms with Gasteiger partial charge in [-0.05, 0) is 27.7 Å². The van der Waals surface area contributed by atoms with Gasteiger partial charge in [-0.2, -0.15) is 0 Å². The van der Waals surface area contributed by atoms with E-state index in [-0.39, 0.29) is 12.0 Å². The minimum absolute atomic E-state index is 0.182. The summed E-state index contributed by atoms with van der Waals surface area (Å²) >= 11 is 0. The molecular formula is C14H26N2O2. The third-order valence-electron chi connectivity index (χ3n) is 3.27. The predicted octanol–water partition coefficient (Wildman–Crippen LogP) is 1.52. The lowest BCUT2D eigenvalue weighted by Gasteiger charge is -2.37. The summed E-state index contributed by atoms with van der Waals surface area (Å²) < 4.78 is 5.57. The third-order valence-corrected chi connectivity index (χ3v) is 3.27. The van der Waals surface area contributed by atoms with E-state index >= 15 is 0 Å². The van der Waals surface area contributed by atoms with Gasteiger partial charge >= 0.3 is 0 Å². The van der Waals surface area contributed by atoms with E-state index in [2.05, 4.69) is 25.3 Å². The van der Waals surface area contributed by atoms with Crippen LogP contribution in [0.25, 0.3) is 0 Å². The molecule has 0 aromatic carbocycles. The molecule has 1 aliphatic heterocycles. The van der Waals surface area contributed by atoms with Crippen molar-refractivity contribution in [2.24, 2.45) is 0 Å². The molecule has 0 spiro atoms. The van der Waals surface area contributed by atoms with Crippen LogP contribution in [0.4, 0.5) is 0 Å². The summed E-state index contributed by atoms with van der Waals surface area (Å²) in [7, 11) is 0. The Hall–Kier alpha value is -0.870. The van der Waals surface area contributed by atoms with E-state index in [1.165, 1.54) is 0 Å². The summed E-state index contributed by atoms with van der Waals surface area (Å²) in [6.07, 6.45) is 0.213. The first-order valence-corrected chi connectivity index (χ1v) is 6.71. The van der Waals surface area contributed by atoms with Crippen molar-refractivity contribution in [2.75, 3.05) is 32.8 Å². The van der Waals surface area contributed by atoms with Crippen molar-refractivity contribution < 1.29 is 9.53 Å². The van der Waals surface area contributed by atoms with E-state index in [0.29, 0.717) is 25.7 Å². The van der Waals surface area contributed by atoms with E-state index in [1.54, 1.807) is 0 Å². The zero-order valence-corrected chi connectivity index (χ0v) is 12.1. The average molecular weight is 254 g/mol. The first-order valence-electron chi connectivity index (χ1n) is 6.71. The second-order valence-electron chi connectivity index (χ2n) is 5.29. The maximum atomic E-state index is 12.2. The largest absolute Gasteiger partial charge is 0.376 e. The van der Waals surface area contributed by atoms with E-state index in [0.717, 1.165) is 18.7 Å². The molecule has 1 amide bonds. The fourth-order valence-electron chi connectivity index (χ4n) is 2.17. The van der Waals surface area contributed by atoms with Gasteiger partial charge in [0.1, 0.15) is 0 Å². The van der Waals surface area contributed by atoms with Crippen LogP contribution in [-0.2, 0) is 9.53 Å². The number of carbonyl (C=O) groups excluding carboxylic acids is 1. The Labute approximate surface area is 111 Å². The summed E-state index contributed by atoms with van der Waals surface area (Å²) in [5, 5.41) is 0. The molecule has 1 aliphatic rings. The molecule has 1 heterocycles. The van der Waals surface area contributed by atoms with Crippen molar-refractivity contribution in [3.63, 3.8) is 0 Å². The van der Waals surface area contributed by atoms with Crippen molar-refractivity contribution in [1.82, 2.24) is 9.80 Å². The zero-order valence-electron chi connectivity index (χ0n) is 12.1. The monoisotopic (exact) mass is 254 g/mol. The summed E-state index contributed by atoms with van der Waals surface area (Å²) in [6, 6.07) is 0.314. The Kier molecular flexibility index (Phi) is 5.82. The second kappa shape index (κ2) is 6.90. The van der Waals surface area contributed by atoms with Crippen molar-refractivity contribution in [2.45, 2.75) is 39.8 Å². The summed E-state index contributed by atoms with van der Waals surface area (Å²) in [6.45, 7) is 15.4. The molecule has 0 aromatic heterocycles. The summed E-state index contributed by atoms with van der Waals surface area (Å²) in [4.78, 5) is 16.3. The van der Waals surface area contributed by atoms with Crippen LogP contribution in [0.15, 0.2) is 12.2 Å². The smallest absolute Gasteiger partial charge is 0.237 e. The molecule has 0 saturated carbocycles. The number of rotatable bonds is 5. The highest BCUT2D eigenvalue weighted by Crippen LogP contribution is 2.11. The Morgan fingerprint density at radius 3 is 2.72 bits per heavy atom. The van der Waals surface area contributed by atoms with Gasteiger partial charge in [-0.1, -0.05) is 12.2 Å². The molecule has 2 atom stereocenters. The zero-order chi connectivity index (χ0) is 13.7. The van der Waals surface area contributed by atoms with E-state index in [4.69, 9.17) is 4.74 Å². The van der Waals surface area contributed by atoms with Crippen LogP contribution >= 0.6 is 0 Å². The maximum Gasteiger partial charge on any atom is 0.237 e.